The summed E-state index contributed by atoms with van der Waals surface area (Å²) in [5.74, 6) is 0.143. The highest BCUT2D eigenvalue weighted by molar-refractivity contribution is 7.99. The summed E-state index contributed by atoms with van der Waals surface area (Å²) in [6.07, 6.45) is 4.63. The maximum atomic E-state index is 10.3. The van der Waals surface area contributed by atoms with Gasteiger partial charge in [0, 0.05) is 5.92 Å². The molecule has 5 nitrogen and oxygen atoms in total. The summed E-state index contributed by atoms with van der Waals surface area (Å²) in [5.41, 5.74) is 0. The highest BCUT2D eigenvalue weighted by Crippen LogP contribution is 2.34. The molecule has 0 aromatic carbocycles. The molecule has 1 heterocycles. The quantitative estimate of drug-likeness (QED) is 0.793. The van der Waals surface area contributed by atoms with E-state index in [1.807, 2.05) is 0 Å². The average molecular weight is 228 g/mol. The largest absolute Gasteiger partial charge is 0.481 e. The third-order valence-corrected chi connectivity index (χ3v) is 3.25. The van der Waals surface area contributed by atoms with Gasteiger partial charge in [0.25, 0.3) is 5.22 Å². The van der Waals surface area contributed by atoms with Crippen molar-refractivity contribution < 1.29 is 14.3 Å². The fourth-order valence-corrected chi connectivity index (χ4v) is 2.23. The van der Waals surface area contributed by atoms with Gasteiger partial charge >= 0.3 is 5.97 Å². The molecule has 1 aromatic heterocycles. The average Bonchev–Trinajstić information content (AvgIpc) is 2.85. The molecule has 0 atom stereocenters. The smallest absolute Gasteiger partial charge is 0.314 e. The first kappa shape index (κ1) is 10.5. The molecular weight excluding hydrogens is 216 g/mol. The monoisotopic (exact) mass is 228 g/mol. The summed E-state index contributed by atoms with van der Waals surface area (Å²) in [4.78, 5) is 10.3. The molecule has 82 valence electrons. The zero-order chi connectivity index (χ0) is 10.7. The first-order valence-electron chi connectivity index (χ1n) is 4.93. The van der Waals surface area contributed by atoms with Gasteiger partial charge in [0.05, 0.1) is 0 Å². The summed E-state index contributed by atoms with van der Waals surface area (Å²) in [6, 6.07) is 0. The SMILES string of the molecule is O=C(O)CSc1nnc(C2CCCC2)o1. The van der Waals surface area contributed by atoms with E-state index >= 15 is 0 Å². The van der Waals surface area contributed by atoms with Crippen molar-refractivity contribution in [2.24, 2.45) is 0 Å². The Kier molecular flexibility index (Phi) is 3.25. The lowest BCUT2D eigenvalue weighted by Gasteiger charge is -1.99. The van der Waals surface area contributed by atoms with Crippen molar-refractivity contribution in [1.29, 1.82) is 0 Å². The lowest BCUT2D eigenvalue weighted by atomic mass is 10.1. The predicted molar refractivity (Wildman–Crippen MR) is 53.9 cm³/mol. The molecule has 1 aliphatic rings. The third-order valence-electron chi connectivity index (χ3n) is 2.45. The standard InChI is InChI=1S/C9H12N2O3S/c12-7(13)5-15-9-11-10-8(14-9)6-3-1-2-4-6/h6H,1-5H2,(H,12,13). The maximum absolute atomic E-state index is 10.3. The van der Waals surface area contributed by atoms with E-state index in [4.69, 9.17) is 9.52 Å². The van der Waals surface area contributed by atoms with Gasteiger partial charge in [-0.25, -0.2) is 0 Å². The molecule has 1 fully saturated rings. The molecule has 6 heteroatoms. The topological polar surface area (TPSA) is 76.2 Å². The second kappa shape index (κ2) is 4.65. The van der Waals surface area contributed by atoms with Gasteiger partial charge in [0.2, 0.25) is 5.89 Å². The number of thioether (sulfide) groups is 1. The highest BCUT2D eigenvalue weighted by Gasteiger charge is 2.22. The number of hydrogen-bond donors (Lipinski definition) is 1. The molecule has 0 unspecified atom stereocenters. The summed E-state index contributed by atoms with van der Waals surface area (Å²) in [5, 5.41) is 16.6. The molecule has 0 radical (unpaired) electrons. The van der Waals surface area contributed by atoms with Crippen LogP contribution >= 0.6 is 11.8 Å². The Morgan fingerprint density at radius 3 is 2.87 bits per heavy atom. The van der Waals surface area contributed by atoms with Crippen molar-refractivity contribution in [1.82, 2.24) is 10.2 Å². The fourth-order valence-electron chi connectivity index (χ4n) is 1.74. The van der Waals surface area contributed by atoms with Crippen molar-refractivity contribution in [3.8, 4) is 0 Å². The van der Waals surface area contributed by atoms with Crippen LogP contribution in [0.5, 0.6) is 0 Å². The molecule has 0 bridgehead atoms. The van der Waals surface area contributed by atoms with Crippen LogP contribution in [0.15, 0.2) is 9.64 Å². The van der Waals surface area contributed by atoms with Gasteiger partial charge in [-0.1, -0.05) is 24.6 Å². The van der Waals surface area contributed by atoms with E-state index in [0.717, 1.165) is 24.6 Å². The molecule has 0 aliphatic heterocycles. The summed E-state index contributed by atoms with van der Waals surface area (Å²) >= 11 is 1.07. The van der Waals surface area contributed by atoms with E-state index in [0.29, 0.717) is 17.0 Å². The van der Waals surface area contributed by atoms with Gasteiger partial charge in [0.1, 0.15) is 5.75 Å². The number of carbonyl (C=O) groups is 1. The van der Waals surface area contributed by atoms with Gasteiger partial charge in [0.15, 0.2) is 0 Å². The van der Waals surface area contributed by atoms with Crippen LogP contribution in [0.2, 0.25) is 0 Å². The molecule has 1 aromatic rings. The van der Waals surface area contributed by atoms with E-state index in [1.54, 1.807) is 0 Å². The van der Waals surface area contributed by atoms with Crippen LogP contribution in [0.25, 0.3) is 0 Å². The number of aromatic nitrogens is 2. The van der Waals surface area contributed by atoms with Crippen molar-refractivity contribution in [3.63, 3.8) is 0 Å². The van der Waals surface area contributed by atoms with E-state index < -0.39 is 5.97 Å². The summed E-state index contributed by atoms with van der Waals surface area (Å²) < 4.78 is 5.40. The predicted octanol–water partition coefficient (Wildman–Crippen LogP) is 1.90. The van der Waals surface area contributed by atoms with Crippen LogP contribution in [0.1, 0.15) is 37.5 Å². The number of rotatable bonds is 4. The van der Waals surface area contributed by atoms with Crippen LogP contribution in [0.3, 0.4) is 0 Å². The van der Waals surface area contributed by atoms with E-state index in [1.165, 1.54) is 12.8 Å². The number of nitrogens with zero attached hydrogens (tertiary/aromatic N) is 2. The minimum absolute atomic E-state index is 0.0354. The molecule has 0 spiro atoms. The fraction of sp³-hybridized carbons (Fsp3) is 0.667. The first-order chi connectivity index (χ1) is 7.25. The molecule has 0 amide bonds. The normalized spacial score (nSPS) is 17.1. The number of aliphatic carboxylic acids is 1. The van der Waals surface area contributed by atoms with Crippen LogP contribution in [0, 0.1) is 0 Å². The Balaban J connectivity index is 1.94. The van der Waals surface area contributed by atoms with Crippen LogP contribution in [-0.2, 0) is 4.79 Å². The van der Waals surface area contributed by atoms with Crippen molar-refractivity contribution in [2.75, 3.05) is 5.75 Å². The Bertz CT molecular complexity index is 347. The van der Waals surface area contributed by atoms with Crippen LogP contribution in [-0.4, -0.2) is 27.0 Å². The second-order valence-electron chi connectivity index (χ2n) is 3.57. The lowest BCUT2D eigenvalue weighted by Crippen LogP contribution is -1.97. The molecular formula is C9H12N2O3S. The zero-order valence-electron chi connectivity index (χ0n) is 8.18. The van der Waals surface area contributed by atoms with Crippen LogP contribution < -0.4 is 0 Å². The molecule has 0 saturated heterocycles. The van der Waals surface area contributed by atoms with E-state index in [2.05, 4.69) is 10.2 Å². The third kappa shape index (κ3) is 2.71. The lowest BCUT2D eigenvalue weighted by molar-refractivity contribution is -0.133. The molecule has 1 aliphatic carbocycles. The second-order valence-corrected chi connectivity index (χ2v) is 4.50. The zero-order valence-corrected chi connectivity index (χ0v) is 9.00. The first-order valence-corrected chi connectivity index (χ1v) is 5.92. The van der Waals surface area contributed by atoms with E-state index in [9.17, 15) is 4.79 Å². The minimum Gasteiger partial charge on any atom is -0.481 e. The van der Waals surface area contributed by atoms with Gasteiger partial charge < -0.3 is 9.52 Å². The molecule has 1 saturated carbocycles. The number of carboxylic acid groups (broad SMARTS) is 1. The van der Waals surface area contributed by atoms with Gasteiger partial charge in [-0.05, 0) is 12.8 Å². The Morgan fingerprint density at radius 1 is 1.47 bits per heavy atom. The van der Waals surface area contributed by atoms with Gasteiger partial charge in [-0.3, -0.25) is 4.79 Å². The van der Waals surface area contributed by atoms with Crippen molar-refractivity contribution in [2.45, 2.75) is 36.8 Å². The van der Waals surface area contributed by atoms with Crippen molar-refractivity contribution in [3.05, 3.63) is 5.89 Å². The highest BCUT2D eigenvalue weighted by atomic mass is 32.2. The minimum atomic E-state index is -0.874. The van der Waals surface area contributed by atoms with Gasteiger partial charge in [-0.2, -0.15) is 0 Å². The molecule has 15 heavy (non-hydrogen) atoms. The number of carboxylic acids is 1. The molecule has 2 rings (SSSR count). The van der Waals surface area contributed by atoms with Crippen LogP contribution in [0.4, 0.5) is 0 Å². The van der Waals surface area contributed by atoms with Gasteiger partial charge in [-0.15, -0.1) is 10.2 Å². The van der Waals surface area contributed by atoms with Crippen molar-refractivity contribution >= 4 is 17.7 Å². The number of hydrogen-bond acceptors (Lipinski definition) is 5. The maximum Gasteiger partial charge on any atom is 0.314 e. The molecule has 1 N–H and O–H groups in total. The van der Waals surface area contributed by atoms with E-state index in [-0.39, 0.29) is 5.75 Å². The summed E-state index contributed by atoms with van der Waals surface area (Å²) in [7, 11) is 0. The summed E-state index contributed by atoms with van der Waals surface area (Å²) in [6.45, 7) is 0. The Morgan fingerprint density at radius 2 is 2.20 bits per heavy atom. The Labute approximate surface area is 91.3 Å². The Hall–Kier alpha value is -1.04.